The van der Waals surface area contributed by atoms with Crippen LogP contribution >= 0.6 is 11.3 Å². The number of carbonyl (C=O) groups excluding carboxylic acids is 1. The van der Waals surface area contributed by atoms with Crippen molar-refractivity contribution in [3.8, 4) is 21.1 Å². The molecular weight excluding hydrogens is 336 g/mol. The topological polar surface area (TPSA) is 99.6 Å². The molecule has 0 fully saturated rings. The van der Waals surface area contributed by atoms with E-state index in [1.54, 1.807) is 12.4 Å². The molecule has 0 spiro atoms. The van der Waals surface area contributed by atoms with E-state index in [0.29, 0.717) is 5.69 Å². The Morgan fingerprint density at radius 3 is 2.72 bits per heavy atom. The summed E-state index contributed by atoms with van der Waals surface area (Å²) in [5.74, 6) is -0.545. The maximum Gasteiger partial charge on any atom is 0.268 e. The molecule has 0 saturated heterocycles. The molecule has 4 aromatic heterocycles. The predicted molar refractivity (Wildman–Crippen MR) is 96.1 cm³/mol. The molecule has 7 nitrogen and oxygen atoms in total. The van der Waals surface area contributed by atoms with Crippen LogP contribution in [0.15, 0.2) is 37.1 Å². The van der Waals surface area contributed by atoms with Gasteiger partial charge in [0.05, 0.1) is 21.8 Å². The standard InChI is InChI=1S/C17H14N6OS/c1-9-15(25-17(21-9)10-6-19-8-20-7-10)12-5-13-11(3-4-23(13)2)14(22-12)16(18)24/h3-8H,1-2H3,(H2,18,24). The second-order valence-corrected chi connectivity index (χ2v) is 6.64. The van der Waals surface area contributed by atoms with Crippen LogP contribution in [-0.4, -0.2) is 30.4 Å². The van der Waals surface area contributed by atoms with E-state index in [1.165, 1.54) is 17.7 Å². The fourth-order valence-corrected chi connectivity index (χ4v) is 3.74. The Hall–Kier alpha value is -3.13. The van der Waals surface area contributed by atoms with Gasteiger partial charge >= 0.3 is 0 Å². The van der Waals surface area contributed by atoms with Gasteiger partial charge in [0.1, 0.15) is 17.0 Å². The van der Waals surface area contributed by atoms with Crippen LogP contribution in [0.2, 0.25) is 0 Å². The molecule has 25 heavy (non-hydrogen) atoms. The molecule has 0 bridgehead atoms. The number of fused-ring (bicyclic) bond motifs is 1. The van der Waals surface area contributed by atoms with Gasteiger partial charge in [-0.2, -0.15) is 0 Å². The van der Waals surface area contributed by atoms with Crippen LogP contribution in [0, 0.1) is 6.92 Å². The first-order valence-electron chi connectivity index (χ1n) is 7.53. The quantitative estimate of drug-likeness (QED) is 0.612. The highest BCUT2D eigenvalue weighted by molar-refractivity contribution is 7.18. The fraction of sp³-hybridized carbons (Fsp3) is 0.118. The number of carbonyl (C=O) groups is 1. The molecule has 124 valence electrons. The maximum absolute atomic E-state index is 11.8. The number of primary amides is 1. The minimum atomic E-state index is -0.545. The zero-order valence-electron chi connectivity index (χ0n) is 13.6. The minimum absolute atomic E-state index is 0.269. The van der Waals surface area contributed by atoms with Crippen molar-refractivity contribution in [1.82, 2.24) is 24.5 Å². The molecule has 0 aromatic carbocycles. The van der Waals surface area contributed by atoms with Crippen molar-refractivity contribution in [3.05, 3.63) is 48.4 Å². The summed E-state index contributed by atoms with van der Waals surface area (Å²) in [7, 11) is 1.92. The number of hydrogen-bond donors (Lipinski definition) is 1. The molecule has 0 aliphatic rings. The number of aromatic nitrogens is 5. The van der Waals surface area contributed by atoms with E-state index in [-0.39, 0.29) is 5.69 Å². The van der Waals surface area contributed by atoms with Gasteiger partial charge in [-0.25, -0.2) is 19.9 Å². The highest BCUT2D eigenvalue weighted by atomic mass is 32.1. The highest BCUT2D eigenvalue weighted by Gasteiger charge is 2.18. The van der Waals surface area contributed by atoms with Gasteiger partial charge in [0.2, 0.25) is 0 Å². The number of thiazole rings is 1. The Labute approximate surface area is 147 Å². The smallest absolute Gasteiger partial charge is 0.268 e. The second kappa shape index (κ2) is 5.75. The first-order chi connectivity index (χ1) is 12.0. The lowest BCUT2D eigenvalue weighted by atomic mass is 10.1. The van der Waals surface area contributed by atoms with Crippen molar-refractivity contribution in [2.24, 2.45) is 12.8 Å². The Bertz CT molecular complexity index is 1100. The lowest BCUT2D eigenvalue weighted by molar-refractivity contribution is 0.0997. The number of amides is 1. The lowest BCUT2D eigenvalue weighted by Crippen LogP contribution is -2.14. The van der Waals surface area contributed by atoms with Gasteiger partial charge in [0.25, 0.3) is 5.91 Å². The van der Waals surface area contributed by atoms with Crippen LogP contribution < -0.4 is 5.73 Å². The van der Waals surface area contributed by atoms with E-state index in [2.05, 4.69) is 19.9 Å². The summed E-state index contributed by atoms with van der Waals surface area (Å²) >= 11 is 1.49. The molecular formula is C17H14N6OS. The van der Waals surface area contributed by atoms with Crippen molar-refractivity contribution in [1.29, 1.82) is 0 Å². The van der Waals surface area contributed by atoms with Crippen LogP contribution in [0.25, 0.3) is 32.0 Å². The number of nitrogens with zero attached hydrogens (tertiary/aromatic N) is 5. The van der Waals surface area contributed by atoms with E-state index in [4.69, 9.17) is 5.73 Å². The summed E-state index contributed by atoms with van der Waals surface area (Å²) in [5.41, 5.74) is 9.06. The molecule has 0 radical (unpaired) electrons. The van der Waals surface area contributed by atoms with Crippen LogP contribution in [-0.2, 0) is 7.05 Å². The normalized spacial score (nSPS) is 11.1. The van der Waals surface area contributed by atoms with E-state index in [1.807, 2.05) is 36.9 Å². The minimum Gasteiger partial charge on any atom is -0.364 e. The zero-order chi connectivity index (χ0) is 17.6. The molecule has 8 heteroatoms. The van der Waals surface area contributed by atoms with Gasteiger partial charge in [0, 0.05) is 36.6 Å². The number of pyridine rings is 1. The third-order valence-electron chi connectivity index (χ3n) is 3.95. The monoisotopic (exact) mass is 350 g/mol. The predicted octanol–water partition coefficient (Wildman–Crippen LogP) is 2.56. The molecule has 2 N–H and O–H groups in total. The third kappa shape index (κ3) is 2.56. The lowest BCUT2D eigenvalue weighted by Gasteiger charge is -2.05. The molecule has 4 rings (SSSR count). The molecule has 0 unspecified atom stereocenters. The second-order valence-electron chi connectivity index (χ2n) is 5.64. The summed E-state index contributed by atoms with van der Waals surface area (Å²) in [6.07, 6.45) is 6.80. The first-order valence-corrected chi connectivity index (χ1v) is 8.35. The van der Waals surface area contributed by atoms with E-state index in [0.717, 1.165) is 32.0 Å². The van der Waals surface area contributed by atoms with Gasteiger partial charge in [-0.1, -0.05) is 0 Å². The van der Waals surface area contributed by atoms with Crippen LogP contribution in [0.4, 0.5) is 0 Å². The molecule has 4 aromatic rings. The van der Waals surface area contributed by atoms with E-state index < -0.39 is 5.91 Å². The van der Waals surface area contributed by atoms with Crippen LogP contribution in [0.5, 0.6) is 0 Å². The fourth-order valence-electron chi connectivity index (χ4n) is 2.74. The van der Waals surface area contributed by atoms with E-state index in [9.17, 15) is 4.79 Å². The van der Waals surface area contributed by atoms with Crippen molar-refractivity contribution < 1.29 is 4.79 Å². The van der Waals surface area contributed by atoms with Crippen LogP contribution in [0.1, 0.15) is 16.2 Å². The maximum atomic E-state index is 11.8. The Kier molecular flexibility index (Phi) is 3.54. The average molecular weight is 350 g/mol. The SMILES string of the molecule is Cc1nc(-c2cncnc2)sc1-c1cc2c(ccn2C)c(C(N)=O)n1. The van der Waals surface area contributed by atoms with E-state index >= 15 is 0 Å². The number of aryl methyl sites for hydroxylation is 2. The summed E-state index contributed by atoms with van der Waals surface area (Å²) in [4.78, 5) is 29.9. The summed E-state index contributed by atoms with van der Waals surface area (Å²) in [6, 6.07) is 3.80. The summed E-state index contributed by atoms with van der Waals surface area (Å²) in [5, 5.41) is 1.56. The van der Waals surface area contributed by atoms with Gasteiger partial charge in [-0.15, -0.1) is 11.3 Å². The molecule has 1 amide bonds. The highest BCUT2D eigenvalue weighted by Crippen LogP contribution is 2.35. The summed E-state index contributed by atoms with van der Waals surface area (Å²) < 4.78 is 1.94. The van der Waals surface area contributed by atoms with Gasteiger partial charge in [-0.3, -0.25) is 4.79 Å². The number of rotatable bonds is 3. The molecule has 0 aliphatic heterocycles. The molecule has 0 saturated carbocycles. The summed E-state index contributed by atoms with van der Waals surface area (Å²) in [6.45, 7) is 1.92. The molecule has 0 aliphatic carbocycles. The Morgan fingerprint density at radius 1 is 1.24 bits per heavy atom. The van der Waals surface area contributed by atoms with Crippen molar-refractivity contribution >= 4 is 28.1 Å². The van der Waals surface area contributed by atoms with Crippen LogP contribution in [0.3, 0.4) is 0 Å². The first kappa shape index (κ1) is 15.4. The molecule has 4 heterocycles. The largest absolute Gasteiger partial charge is 0.364 e. The molecule has 0 atom stereocenters. The van der Waals surface area contributed by atoms with Crippen molar-refractivity contribution in [2.75, 3.05) is 0 Å². The van der Waals surface area contributed by atoms with Crippen molar-refractivity contribution in [3.63, 3.8) is 0 Å². The number of hydrogen-bond acceptors (Lipinski definition) is 6. The Balaban J connectivity index is 1.92. The van der Waals surface area contributed by atoms with Crippen molar-refractivity contribution in [2.45, 2.75) is 6.92 Å². The van der Waals surface area contributed by atoms with Gasteiger partial charge < -0.3 is 10.3 Å². The number of nitrogens with two attached hydrogens (primary N) is 1. The zero-order valence-corrected chi connectivity index (χ0v) is 14.4. The van der Waals surface area contributed by atoms with Gasteiger partial charge in [0.15, 0.2) is 0 Å². The Morgan fingerprint density at radius 2 is 2.00 bits per heavy atom. The third-order valence-corrected chi connectivity index (χ3v) is 5.18. The van der Waals surface area contributed by atoms with Gasteiger partial charge in [-0.05, 0) is 19.1 Å². The average Bonchev–Trinajstić information content (AvgIpc) is 3.18.